The number of fused-ring (bicyclic) bond motifs is 1. The second-order valence-electron chi connectivity index (χ2n) is 3.74. The van der Waals surface area contributed by atoms with Gasteiger partial charge in [-0.2, -0.15) is 5.10 Å². The van der Waals surface area contributed by atoms with E-state index in [-0.39, 0.29) is 18.6 Å². The van der Waals surface area contributed by atoms with Gasteiger partial charge in [0.15, 0.2) is 0 Å². The molecule has 1 aliphatic heterocycles. The maximum atomic E-state index is 11.3. The second-order valence-corrected chi connectivity index (χ2v) is 3.74. The molecule has 5 nitrogen and oxygen atoms in total. The Balaban J connectivity index is 1.90. The normalized spacial score (nSPS) is 19.7. The summed E-state index contributed by atoms with van der Waals surface area (Å²) in [5.41, 5.74) is 1.18. The van der Waals surface area contributed by atoms with E-state index in [1.807, 2.05) is 10.7 Å². The molecular formula is C10H15N3O2. The van der Waals surface area contributed by atoms with Crippen LogP contribution in [0, 0.1) is 0 Å². The fraction of sp³-hybridized carbons (Fsp3) is 0.600. The molecule has 0 aromatic carbocycles. The van der Waals surface area contributed by atoms with Gasteiger partial charge in [-0.15, -0.1) is 0 Å². The number of ether oxygens (including phenoxy) is 1. The molecule has 0 aliphatic carbocycles. The number of amides is 1. The van der Waals surface area contributed by atoms with E-state index in [2.05, 4.69) is 10.4 Å². The molecule has 0 spiro atoms. The van der Waals surface area contributed by atoms with Gasteiger partial charge in [-0.3, -0.25) is 9.48 Å². The SMILES string of the molecule is COCC(=O)N[C@@H]1CCn2nccc2C1. The molecule has 0 radical (unpaired) electrons. The lowest BCUT2D eigenvalue weighted by Crippen LogP contribution is -2.41. The van der Waals surface area contributed by atoms with Crippen LogP contribution in [0.25, 0.3) is 0 Å². The highest BCUT2D eigenvalue weighted by Gasteiger charge is 2.19. The Morgan fingerprint density at radius 1 is 1.80 bits per heavy atom. The van der Waals surface area contributed by atoms with Crippen LogP contribution in [0.2, 0.25) is 0 Å². The molecule has 0 unspecified atom stereocenters. The predicted molar refractivity (Wildman–Crippen MR) is 54.4 cm³/mol. The second kappa shape index (κ2) is 4.44. The molecule has 82 valence electrons. The number of aromatic nitrogens is 2. The van der Waals surface area contributed by atoms with E-state index < -0.39 is 0 Å². The van der Waals surface area contributed by atoms with E-state index in [1.165, 1.54) is 12.8 Å². The van der Waals surface area contributed by atoms with Gasteiger partial charge < -0.3 is 10.1 Å². The summed E-state index contributed by atoms with van der Waals surface area (Å²) in [7, 11) is 1.52. The summed E-state index contributed by atoms with van der Waals surface area (Å²) in [6.07, 6.45) is 3.59. The van der Waals surface area contributed by atoms with Crippen molar-refractivity contribution in [3.05, 3.63) is 18.0 Å². The van der Waals surface area contributed by atoms with Crippen LogP contribution in [-0.2, 0) is 22.5 Å². The van der Waals surface area contributed by atoms with Gasteiger partial charge in [0, 0.05) is 38.0 Å². The average Bonchev–Trinajstić information content (AvgIpc) is 2.65. The van der Waals surface area contributed by atoms with Gasteiger partial charge in [-0.05, 0) is 12.5 Å². The molecule has 0 fully saturated rings. The van der Waals surface area contributed by atoms with Crippen LogP contribution in [-0.4, -0.2) is 35.4 Å². The fourth-order valence-electron chi connectivity index (χ4n) is 1.89. The molecule has 5 heteroatoms. The van der Waals surface area contributed by atoms with Crippen LogP contribution < -0.4 is 5.32 Å². The monoisotopic (exact) mass is 209 g/mol. The molecular weight excluding hydrogens is 194 g/mol. The number of rotatable bonds is 3. The van der Waals surface area contributed by atoms with Gasteiger partial charge in [-0.1, -0.05) is 0 Å². The van der Waals surface area contributed by atoms with Crippen LogP contribution in [0.4, 0.5) is 0 Å². The van der Waals surface area contributed by atoms with Gasteiger partial charge >= 0.3 is 0 Å². The number of nitrogens with one attached hydrogen (secondary N) is 1. The molecule has 0 saturated heterocycles. The van der Waals surface area contributed by atoms with Crippen molar-refractivity contribution in [1.29, 1.82) is 0 Å². The highest BCUT2D eigenvalue weighted by molar-refractivity contribution is 5.77. The quantitative estimate of drug-likeness (QED) is 0.760. The molecule has 1 atom stereocenters. The maximum absolute atomic E-state index is 11.3. The van der Waals surface area contributed by atoms with E-state index in [0.29, 0.717) is 0 Å². The fourth-order valence-corrected chi connectivity index (χ4v) is 1.89. The zero-order chi connectivity index (χ0) is 10.7. The van der Waals surface area contributed by atoms with Crippen LogP contribution in [0.5, 0.6) is 0 Å². The number of nitrogens with zero attached hydrogens (tertiary/aromatic N) is 2. The van der Waals surface area contributed by atoms with Crippen LogP contribution in [0.3, 0.4) is 0 Å². The van der Waals surface area contributed by atoms with E-state index >= 15 is 0 Å². The van der Waals surface area contributed by atoms with Crippen molar-refractivity contribution in [2.24, 2.45) is 0 Å². The Kier molecular flexibility index (Phi) is 3.01. The third kappa shape index (κ3) is 2.36. The first-order chi connectivity index (χ1) is 7.29. The predicted octanol–water partition coefficient (Wildman–Crippen LogP) is -0.0395. The van der Waals surface area contributed by atoms with E-state index in [1.54, 1.807) is 6.20 Å². The molecule has 1 aromatic rings. The summed E-state index contributed by atoms with van der Waals surface area (Å²) in [5.74, 6) is -0.0459. The van der Waals surface area contributed by atoms with Crippen molar-refractivity contribution in [2.75, 3.05) is 13.7 Å². The Morgan fingerprint density at radius 3 is 3.47 bits per heavy atom. The maximum Gasteiger partial charge on any atom is 0.246 e. The Hall–Kier alpha value is -1.36. The van der Waals surface area contributed by atoms with Gasteiger partial charge in [0.1, 0.15) is 6.61 Å². The lowest BCUT2D eigenvalue weighted by molar-refractivity contribution is -0.125. The smallest absolute Gasteiger partial charge is 0.246 e. The van der Waals surface area contributed by atoms with Gasteiger partial charge in [-0.25, -0.2) is 0 Å². The summed E-state index contributed by atoms with van der Waals surface area (Å²) >= 11 is 0. The van der Waals surface area contributed by atoms with Crippen molar-refractivity contribution in [2.45, 2.75) is 25.4 Å². The Bertz CT molecular complexity index is 348. The third-order valence-corrected chi connectivity index (χ3v) is 2.59. The van der Waals surface area contributed by atoms with Gasteiger partial charge in [0.05, 0.1) is 0 Å². The molecule has 1 N–H and O–H groups in total. The van der Waals surface area contributed by atoms with Crippen molar-refractivity contribution < 1.29 is 9.53 Å². The molecule has 2 heterocycles. The summed E-state index contributed by atoms with van der Waals surface area (Å²) < 4.78 is 6.76. The minimum Gasteiger partial charge on any atom is -0.375 e. The molecule has 1 amide bonds. The number of carbonyl (C=O) groups is 1. The summed E-state index contributed by atoms with van der Waals surface area (Å²) in [5, 5.41) is 7.13. The molecule has 1 aliphatic rings. The van der Waals surface area contributed by atoms with Crippen LogP contribution in [0.1, 0.15) is 12.1 Å². The van der Waals surface area contributed by atoms with Gasteiger partial charge in [0.2, 0.25) is 5.91 Å². The van der Waals surface area contributed by atoms with Crippen molar-refractivity contribution in [1.82, 2.24) is 15.1 Å². The van der Waals surface area contributed by atoms with Crippen molar-refractivity contribution in [3.8, 4) is 0 Å². The molecule has 15 heavy (non-hydrogen) atoms. The number of carbonyl (C=O) groups excluding carboxylic acids is 1. The Labute approximate surface area is 88.4 Å². The van der Waals surface area contributed by atoms with Crippen LogP contribution >= 0.6 is 0 Å². The number of hydrogen-bond acceptors (Lipinski definition) is 3. The Morgan fingerprint density at radius 2 is 2.67 bits per heavy atom. The van der Waals surface area contributed by atoms with Crippen molar-refractivity contribution >= 4 is 5.91 Å². The lowest BCUT2D eigenvalue weighted by atomic mass is 10.0. The third-order valence-electron chi connectivity index (χ3n) is 2.59. The number of aryl methyl sites for hydroxylation is 1. The molecule has 2 rings (SSSR count). The minimum absolute atomic E-state index is 0.0459. The first-order valence-corrected chi connectivity index (χ1v) is 5.08. The van der Waals surface area contributed by atoms with E-state index in [9.17, 15) is 4.79 Å². The molecule has 0 saturated carbocycles. The molecule has 1 aromatic heterocycles. The number of hydrogen-bond donors (Lipinski definition) is 1. The van der Waals surface area contributed by atoms with Crippen molar-refractivity contribution in [3.63, 3.8) is 0 Å². The molecule has 0 bridgehead atoms. The zero-order valence-electron chi connectivity index (χ0n) is 8.77. The minimum atomic E-state index is -0.0459. The van der Waals surface area contributed by atoms with Crippen LogP contribution in [0.15, 0.2) is 12.3 Å². The first-order valence-electron chi connectivity index (χ1n) is 5.08. The largest absolute Gasteiger partial charge is 0.375 e. The van der Waals surface area contributed by atoms with Gasteiger partial charge in [0.25, 0.3) is 0 Å². The highest BCUT2D eigenvalue weighted by Crippen LogP contribution is 2.13. The summed E-state index contributed by atoms with van der Waals surface area (Å²) in [4.78, 5) is 11.3. The lowest BCUT2D eigenvalue weighted by Gasteiger charge is -2.24. The van der Waals surface area contributed by atoms with E-state index in [0.717, 1.165) is 19.4 Å². The summed E-state index contributed by atoms with van der Waals surface area (Å²) in [6, 6.07) is 2.21. The highest BCUT2D eigenvalue weighted by atomic mass is 16.5. The number of methoxy groups -OCH3 is 1. The van der Waals surface area contributed by atoms with E-state index in [4.69, 9.17) is 4.74 Å². The summed E-state index contributed by atoms with van der Waals surface area (Å²) in [6.45, 7) is 1.01. The topological polar surface area (TPSA) is 56.1 Å². The zero-order valence-corrected chi connectivity index (χ0v) is 8.77. The standard InChI is InChI=1S/C10H15N3O2/c1-15-7-10(14)12-8-3-5-13-9(6-8)2-4-11-13/h2,4,8H,3,5-7H2,1H3,(H,12,14)/t8-/m1/s1. The first kappa shape index (κ1) is 10.2. The average molecular weight is 209 g/mol.